The molecule has 0 aliphatic carbocycles. The van der Waals surface area contributed by atoms with Crippen LogP contribution in [0.25, 0.3) is 5.82 Å². The summed E-state index contributed by atoms with van der Waals surface area (Å²) in [6.45, 7) is 0.163. The number of hydrogen-bond donors (Lipinski definition) is 1. The van der Waals surface area contributed by atoms with Crippen molar-refractivity contribution in [2.75, 3.05) is 5.32 Å². The van der Waals surface area contributed by atoms with Gasteiger partial charge in [-0.05, 0) is 42.0 Å². The van der Waals surface area contributed by atoms with Gasteiger partial charge in [-0.3, -0.25) is 4.79 Å². The Morgan fingerprint density at radius 3 is 2.45 bits per heavy atom. The van der Waals surface area contributed by atoms with Crippen LogP contribution in [0.1, 0.15) is 16.1 Å². The highest BCUT2D eigenvalue weighted by atomic mass is 19.1. The lowest BCUT2D eigenvalue weighted by Gasteiger charge is -2.10. The fourth-order valence-electron chi connectivity index (χ4n) is 2.87. The highest BCUT2D eigenvalue weighted by Gasteiger charge is 2.22. The van der Waals surface area contributed by atoms with Crippen LogP contribution in [0.4, 0.5) is 18.9 Å². The van der Waals surface area contributed by atoms with Gasteiger partial charge in [0.25, 0.3) is 5.91 Å². The molecular weight excluding hydrogens is 383 g/mol. The third kappa shape index (κ3) is 3.88. The highest BCUT2D eigenvalue weighted by molar-refractivity contribution is 6.04. The molecule has 2 aromatic carbocycles. The van der Waals surface area contributed by atoms with Crippen LogP contribution >= 0.6 is 0 Å². The zero-order chi connectivity index (χ0) is 20.4. The Morgan fingerprint density at radius 2 is 1.72 bits per heavy atom. The average Bonchev–Trinajstić information content (AvgIpc) is 3.33. The summed E-state index contributed by atoms with van der Waals surface area (Å²) in [5.41, 5.74) is 0.371. The van der Waals surface area contributed by atoms with Crippen molar-refractivity contribution < 1.29 is 18.0 Å². The molecule has 9 heteroatoms. The molecule has 6 nitrogen and oxygen atoms in total. The van der Waals surface area contributed by atoms with Crippen LogP contribution in [0.3, 0.4) is 0 Å². The zero-order valence-electron chi connectivity index (χ0n) is 14.9. The third-order valence-corrected chi connectivity index (χ3v) is 4.17. The molecule has 4 aromatic rings. The van der Waals surface area contributed by atoms with Crippen molar-refractivity contribution in [3.8, 4) is 5.82 Å². The summed E-state index contributed by atoms with van der Waals surface area (Å²) in [6, 6.07) is 12.3. The molecule has 0 fully saturated rings. The van der Waals surface area contributed by atoms with Gasteiger partial charge in [0.2, 0.25) is 0 Å². The zero-order valence-corrected chi connectivity index (χ0v) is 14.9. The molecule has 4 rings (SSSR count). The molecule has 0 saturated heterocycles. The van der Waals surface area contributed by atoms with Gasteiger partial charge in [0.15, 0.2) is 11.5 Å². The Hall–Kier alpha value is -3.88. The second-order valence-corrected chi connectivity index (χ2v) is 6.22. The summed E-state index contributed by atoms with van der Waals surface area (Å²) < 4.78 is 43.5. The van der Waals surface area contributed by atoms with Crippen LogP contribution in [0, 0.1) is 17.5 Å². The fraction of sp³-hybridized carbons (Fsp3) is 0.0500. The van der Waals surface area contributed by atoms with Gasteiger partial charge in [-0.1, -0.05) is 17.3 Å². The molecule has 0 aliphatic rings. The van der Waals surface area contributed by atoms with Crippen molar-refractivity contribution in [1.29, 1.82) is 0 Å². The maximum atomic E-state index is 13.9. The number of rotatable bonds is 5. The fourth-order valence-corrected chi connectivity index (χ4v) is 2.87. The van der Waals surface area contributed by atoms with E-state index in [1.807, 2.05) is 0 Å². The van der Waals surface area contributed by atoms with Crippen molar-refractivity contribution in [2.45, 2.75) is 6.54 Å². The molecule has 0 unspecified atom stereocenters. The molecule has 29 heavy (non-hydrogen) atoms. The summed E-state index contributed by atoms with van der Waals surface area (Å²) in [4.78, 5) is 12.7. The van der Waals surface area contributed by atoms with Gasteiger partial charge >= 0.3 is 0 Å². The minimum Gasteiger partial charge on any atom is -0.318 e. The van der Waals surface area contributed by atoms with Crippen molar-refractivity contribution >= 4 is 11.6 Å². The highest BCUT2D eigenvalue weighted by Crippen LogP contribution is 2.19. The SMILES string of the molecule is O=C(Nc1ccc(F)cc1F)c1nnn(Cc2cccc(F)c2)c1-n1cccc1. The van der Waals surface area contributed by atoms with E-state index >= 15 is 0 Å². The van der Waals surface area contributed by atoms with Gasteiger partial charge in [0.05, 0.1) is 12.2 Å². The number of anilines is 1. The number of hydrogen-bond acceptors (Lipinski definition) is 3. The van der Waals surface area contributed by atoms with E-state index in [2.05, 4.69) is 15.6 Å². The Kier molecular flexibility index (Phi) is 4.86. The van der Waals surface area contributed by atoms with Crippen LogP contribution < -0.4 is 5.32 Å². The summed E-state index contributed by atoms with van der Waals surface area (Å²) in [7, 11) is 0. The van der Waals surface area contributed by atoms with E-state index < -0.39 is 23.4 Å². The second-order valence-electron chi connectivity index (χ2n) is 6.22. The Morgan fingerprint density at radius 1 is 0.966 bits per heavy atom. The number of halogens is 3. The molecule has 0 spiro atoms. The third-order valence-electron chi connectivity index (χ3n) is 4.17. The Balaban J connectivity index is 1.70. The number of nitrogens with zero attached hydrogens (tertiary/aromatic N) is 4. The minimum absolute atomic E-state index is 0.0682. The number of carbonyl (C=O) groups is 1. The molecule has 0 radical (unpaired) electrons. The van der Waals surface area contributed by atoms with Crippen LogP contribution in [0.5, 0.6) is 0 Å². The van der Waals surface area contributed by atoms with Gasteiger partial charge in [-0.25, -0.2) is 17.9 Å². The van der Waals surface area contributed by atoms with Gasteiger partial charge in [-0.2, -0.15) is 0 Å². The van der Waals surface area contributed by atoms with Crippen LogP contribution in [0.15, 0.2) is 67.0 Å². The lowest BCUT2D eigenvalue weighted by Crippen LogP contribution is -2.17. The first-order valence-corrected chi connectivity index (χ1v) is 8.59. The number of nitrogens with one attached hydrogen (secondary N) is 1. The van der Waals surface area contributed by atoms with Crippen molar-refractivity contribution in [3.63, 3.8) is 0 Å². The lowest BCUT2D eigenvalue weighted by atomic mass is 10.2. The Bertz CT molecular complexity index is 1170. The predicted molar refractivity (Wildman–Crippen MR) is 99.2 cm³/mol. The molecule has 2 heterocycles. The quantitative estimate of drug-likeness (QED) is 0.557. The van der Waals surface area contributed by atoms with Gasteiger partial charge in [-0.15, -0.1) is 5.10 Å². The maximum Gasteiger partial charge on any atom is 0.280 e. The van der Waals surface area contributed by atoms with E-state index in [1.165, 1.54) is 16.8 Å². The van der Waals surface area contributed by atoms with Gasteiger partial charge in [0, 0.05) is 18.5 Å². The summed E-state index contributed by atoms with van der Waals surface area (Å²) in [6.07, 6.45) is 3.38. The lowest BCUT2D eigenvalue weighted by molar-refractivity contribution is 0.102. The van der Waals surface area contributed by atoms with Gasteiger partial charge in [0.1, 0.15) is 17.5 Å². The minimum atomic E-state index is -0.909. The van der Waals surface area contributed by atoms with E-state index in [-0.39, 0.29) is 17.9 Å². The van der Waals surface area contributed by atoms with Crippen LogP contribution in [-0.2, 0) is 6.54 Å². The molecule has 1 amide bonds. The first-order valence-electron chi connectivity index (χ1n) is 8.59. The molecular formula is C20H14F3N5O. The van der Waals surface area contributed by atoms with E-state index in [1.54, 1.807) is 41.2 Å². The van der Waals surface area contributed by atoms with Crippen molar-refractivity contribution in [3.05, 3.63) is 95.7 Å². The molecule has 1 N–H and O–H groups in total. The van der Waals surface area contributed by atoms with E-state index in [9.17, 15) is 18.0 Å². The predicted octanol–water partition coefficient (Wildman–Crippen LogP) is 3.79. The number of amides is 1. The van der Waals surface area contributed by atoms with E-state index in [0.717, 1.165) is 12.1 Å². The first-order chi connectivity index (χ1) is 14.0. The monoisotopic (exact) mass is 397 g/mol. The standard InChI is InChI=1S/C20H14F3N5O/c21-14-5-3-4-13(10-14)12-28-20(27-8-1-2-9-27)18(25-26-28)19(29)24-17-7-6-15(22)11-16(17)23/h1-11H,12H2,(H,24,29). The van der Waals surface area contributed by atoms with Crippen LogP contribution in [-0.4, -0.2) is 25.5 Å². The number of carbonyl (C=O) groups excluding carboxylic acids is 1. The molecule has 0 bridgehead atoms. The Labute approximate surface area is 163 Å². The maximum absolute atomic E-state index is 13.9. The van der Waals surface area contributed by atoms with Gasteiger partial charge < -0.3 is 9.88 Å². The van der Waals surface area contributed by atoms with Crippen LogP contribution in [0.2, 0.25) is 0 Å². The second kappa shape index (κ2) is 7.63. The molecule has 0 saturated carbocycles. The molecule has 0 aliphatic heterocycles. The topological polar surface area (TPSA) is 64.7 Å². The average molecular weight is 397 g/mol. The first kappa shape index (κ1) is 18.5. The number of benzene rings is 2. The normalized spacial score (nSPS) is 10.9. The molecule has 0 atom stereocenters. The van der Waals surface area contributed by atoms with E-state index in [0.29, 0.717) is 17.4 Å². The smallest absolute Gasteiger partial charge is 0.280 e. The molecule has 2 aromatic heterocycles. The van der Waals surface area contributed by atoms with E-state index in [4.69, 9.17) is 0 Å². The summed E-state index contributed by atoms with van der Waals surface area (Å²) >= 11 is 0. The molecule has 146 valence electrons. The van der Waals surface area contributed by atoms with Crippen molar-refractivity contribution in [2.24, 2.45) is 0 Å². The summed E-state index contributed by atoms with van der Waals surface area (Å²) in [5.74, 6) is -2.46. The number of aromatic nitrogens is 4. The summed E-state index contributed by atoms with van der Waals surface area (Å²) in [5, 5.41) is 10.3. The van der Waals surface area contributed by atoms with Crippen molar-refractivity contribution in [1.82, 2.24) is 19.6 Å². The largest absolute Gasteiger partial charge is 0.318 e.